The van der Waals surface area contributed by atoms with Crippen molar-refractivity contribution in [1.82, 2.24) is 5.32 Å². The molecule has 10 unspecified atom stereocenters. The molecule has 0 aromatic carbocycles. The summed E-state index contributed by atoms with van der Waals surface area (Å²) in [6.07, 6.45) is -15.4. The minimum Gasteiger partial charge on any atom is -0.479 e. The lowest BCUT2D eigenvalue weighted by Gasteiger charge is -2.48. The second kappa shape index (κ2) is 14.4. The molecule has 2 saturated heterocycles. The van der Waals surface area contributed by atoms with Gasteiger partial charge in [0.05, 0.1) is 19.0 Å². The number of amides is 1. The van der Waals surface area contributed by atoms with Crippen LogP contribution in [0.15, 0.2) is 12.0 Å². The Morgan fingerprint density at radius 1 is 1.02 bits per heavy atom. The SMILES string of the molecule is C=CS(=O)(=O)CCOC1C(OC2C(NC(C)=O)C(OC)OC(CO)C2OS(=O)(=O)O)OC(C(=O)O)C(O)C1OC. The van der Waals surface area contributed by atoms with Gasteiger partial charge in [-0.25, -0.2) is 17.4 Å². The van der Waals surface area contributed by atoms with Crippen LogP contribution in [0.2, 0.25) is 0 Å². The molecule has 5 N–H and O–H groups in total. The summed E-state index contributed by atoms with van der Waals surface area (Å²) in [6.45, 7) is 2.81. The summed E-state index contributed by atoms with van der Waals surface area (Å²) >= 11 is 0. The molecule has 0 bridgehead atoms. The Morgan fingerprint density at radius 3 is 2.15 bits per heavy atom. The van der Waals surface area contributed by atoms with Gasteiger partial charge in [-0.2, -0.15) is 8.42 Å². The van der Waals surface area contributed by atoms with Gasteiger partial charge in [-0.1, -0.05) is 6.58 Å². The third kappa shape index (κ3) is 8.84. The van der Waals surface area contributed by atoms with Gasteiger partial charge in [-0.15, -0.1) is 0 Å². The van der Waals surface area contributed by atoms with Crippen LogP contribution in [0.4, 0.5) is 0 Å². The van der Waals surface area contributed by atoms with E-state index in [-0.39, 0.29) is 0 Å². The van der Waals surface area contributed by atoms with E-state index in [0.717, 1.165) is 21.1 Å². The Kier molecular flexibility index (Phi) is 12.4. The van der Waals surface area contributed by atoms with E-state index >= 15 is 0 Å². The van der Waals surface area contributed by atoms with Crippen molar-refractivity contribution in [3.05, 3.63) is 12.0 Å². The van der Waals surface area contributed by atoms with Crippen LogP contribution in [0.5, 0.6) is 0 Å². The number of methoxy groups -OCH3 is 2. The lowest BCUT2D eigenvalue weighted by molar-refractivity contribution is -0.342. The Bertz CT molecular complexity index is 1100. The van der Waals surface area contributed by atoms with Crippen molar-refractivity contribution in [2.75, 3.05) is 33.2 Å². The van der Waals surface area contributed by atoms with Crippen molar-refractivity contribution >= 4 is 32.1 Å². The molecule has 2 rings (SSSR count). The summed E-state index contributed by atoms with van der Waals surface area (Å²) < 4.78 is 93.8. The molecule has 2 heterocycles. The van der Waals surface area contributed by atoms with Gasteiger partial charge in [0.1, 0.15) is 42.7 Å². The van der Waals surface area contributed by atoms with Gasteiger partial charge < -0.3 is 49.1 Å². The minimum absolute atomic E-state index is 0.541. The molecule has 2 aliphatic rings. The molecule has 20 heteroatoms. The van der Waals surface area contributed by atoms with Crippen molar-refractivity contribution in [1.29, 1.82) is 0 Å². The maximum atomic E-state index is 12.0. The van der Waals surface area contributed by atoms with Crippen LogP contribution in [0.1, 0.15) is 6.92 Å². The van der Waals surface area contributed by atoms with Crippen LogP contribution in [0.3, 0.4) is 0 Å². The van der Waals surface area contributed by atoms with Crippen LogP contribution in [-0.2, 0) is 62.4 Å². The molecule has 18 nitrogen and oxygen atoms in total. The lowest BCUT2D eigenvalue weighted by Crippen LogP contribution is -2.69. The van der Waals surface area contributed by atoms with E-state index in [1.54, 1.807) is 0 Å². The molecular formula is C20H33NO17S2. The van der Waals surface area contributed by atoms with Crippen molar-refractivity contribution in [2.24, 2.45) is 0 Å². The van der Waals surface area contributed by atoms with Crippen LogP contribution in [-0.4, -0.2) is 143 Å². The van der Waals surface area contributed by atoms with E-state index in [9.17, 15) is 46.3 Å². The standard InChI is InChI=1S/C20H33NO17S2/c1-5-39(27,28)7-6-34-17-15(32-3)12(24)16(18(25)26)37-20(17)36-14-11(21-9(2)23)19(33-4)35-10(8-22)13(14)38-40(29,30)31/h5,10-17,19-20,22,24H,1,6-8H2,2-4H3,(H,21,23)(H,25,26)(H,29,30,31). The molecule has 2 aliphatic heterocycles. The maximum absolute atomic E-state index is 12.0. The molecule has 0 aliphatic carbocycles. The van der Waals surface area contributed by atoms with Gasteiger partial charge in [0, 0.05) is 26.6 Å². The third-order valence-corrected chi connectivity index (χ3v) is 7.63. The zero-order chi connectivity index (χ0) is 30.4. The molecule has 0 radical (unpaired) electrons. The molecule has 0 saturated carbocycles. The van der Waals surface area contributed by atoms with Crippen molar-refractivity contribution in [2.45, 2.75) is 68.3 Å². The fourth-order valence-electron chi connectivity index (χ4n) is 4.18. The van der Waals surface area contributed by atoms with E-state index in [4.69, 9.17) is 32.6 Å². The first-order chi connectivity index (χ1) is 18.6. The number of carboxylic acid groups (broad SMARTS) is 1. The lowest BCUT2D eigenvalue weighted by atomic mass is 9.95. The van der Waals surface area contributed by atoms with Crippen LogP contribution in [0.25, 0.3) is 0 Å². The summed E-state index contributed by atoms with van der Waals surface area (Å²) in [5.74, 6) is -2.94. The Morgan fingerprint density at radius 2 is 1.68 bits per heavy atom. The number of carboxylic acids is 1. The number of rotatable bonds is 14. The normalized spacial score (nSPS) is 35.1. The van der Waals surface area contributed by atoms with Gasteiger partial charge in [-0.05, 0) is 0 Å². The molecule has 1 amide bonds. The van der Waals surface area contributed by atoms with Crippen molar-refractivity contribution in [3.8, 4) is 0 Å². The molecule has 0 aromatic heterocycles. The van der Waals surface area contributed by atoms with Gasteiger partial charge in [-0.3, -0.25) is 9.35 Å². The average molecular weight is 624 g/mol. The number of hydrogen-bond acceptors (Lipinski definition) is 15. The first-order valence-corrected chi connectivity index (χ1v) is 14.6. The summed E-state index contributed by atoms with van der Waals surface area (Å²) in [5, 5.41) is 33.1. The summed E-state index contributed by atoms with van der Waals surface area (Å²) in [4.78, 5) is 23.8. The smallest absolute Gasteiger partial charge is 0.397 e. The van der Waals surface area contributed by atoms with Gasteiger partial charge >= 0.3 is 16.4 Å². The van der Waals surface area contributed by atoms with Crippen LogP contribution in [0, 0.1) is 0 Å². The van der Waals surface area contributed by atoms with Crippen molar-refractivity contribution < 1.29 is 78.9 Å². The number of carbonyl (C=O) groups is 2. The van der Waals surface area contributed by atoms with Crippen LogP contribution >= 0.6 is 0 Å². The second-order valence-electron chi connectivity index (χ2n) is 8.60. The predicted octanol–water partition coefficient (Wildman–Crippen LogP) is -3.44. The van der Waals surface area contributed by atoms with Crippen molar-refractivity contribution in [3.63, 3.8) is 0 Å². The zero-order valence-corrected chi connectivity index (χ0v) is 23.2. The van der Waals surface area contributed by atoms with Gasteiger partial charge in [0.2, 0.25) is 5.91 Å². The monoisotopic (exact) mass is 623 g/mol. The third-order valence-electron chi connectivity index (χ3n) is 5.92. The Labute approximate surface area is 229 Å². The van der Waals surface area contributed by atoms with Crippen LogP contribution < -0.4 is 5.32 Å². The van der Waals surface area contributed by atoms with E-state index in [2.05, 4.69) is 11.9 Å². The number of aliphatic hydroxyl groups excluding tert-OH is 2. The van der Waals surface area contributed by atoms with Gasteiger partial charge in [0.25, 0.3) is 0 Å². The quantitative estimate of drug-likeness (QED) is 0.118. The number of ether oxygens (including phenoxy) is 6. The topological polar surface area (TPSA) is 260 Å². The highest BCUT2D eigenvalue weighted by Crippen LogP contribution is 2.33. The summed E-state index contributed by atoms with van der Waals surface area (Å²) in [6, 6.07) is -1.43. The number of nitrogens with one attached hydrogen (secondary N) is 1. The molecule has 232 valence electrons. The summed E-state index contributed by atoms with van der Waals surface area (Å²) in [5.41, 5.74) is 0. The summed E-state index contributed by atoms with van der Waals surface area (Å²) in [7, 11) is -6.77. The number of aliphatic carboxylic acids is 1. The van der Waals surface area contributed by atoms with E-state index in [1.807, 2.05) is 0 Å². The van der Waals surface area contributed by atoms with E-state index in [1.165, 1.54) is 0 Å². The average Bonchev–Trinajstić information content (AvgIpc) is 2.85. The fourth-order valence-corrected chi connectivity index (χ4v) is 5.19. The number of sulfone groups is 1. The van der Waals surface area contributed by atoms with E-state index < -0.39 is 112 Å². The van der Waals surface area contributed by atoms with E-state index in [0.29, 0.717) is 5.41 Å². The molecule has 40 heavy (non-hydrogen) atoms. The minimum atomic E-state index is -5.24. The first kappa shape index (κ1) is 34.4. The molecular weight excluding hydrogens is 590 g/mol. The Balaban J connectivity index is 2.57. The van der Waals surface area contributed by atoms with Gasteiger partial charge in [0.15, 0.2) is 28.5 Å². The highest BCUT2D eigenvalue weighted by atomic mass is 32.3. The molecule has 0 aromatic rings. The highest BCUT2D eigenvalue weighted by Gasteiger charge is 2.55. The molecule has 10 atom stereocenters. The second-order valence-corrected chi connectivity index (χ2v) is 11.7. The Hall–Kier alpha value is -1.82. The largest absolute Gasteiger partial charge is 0.479 e. The fraction of sp³-hybridized carbons (Fsp3) is 0.800. The first-order valence-electron chi connectivity index (χ1n) is 11.5. The molecule has 2 fully saturated rings. The maximum Gasteiger partial charge on any atom is 0.397 e. The zero-order valence-electron chi connectivity index (χ0n) is 21.6. The predicted molar refractivity (Wildman–Crippen MR) is 128 cm³/mol. The highest BCUT2D eigenvalue weighted by molar-refractivity contribution is 7.94. The number of carbonyl (C=O) groups excluding carboxylic acids is 1. The number of aliphatic hydroxyl groups is 2. The molecule has 0 spiro atoms. The number of hydrogen-bond donors (Lipinski definition) is 5.